The maximum Gasteiger partial charge on any atom is 0.253 e. The van der Waals surface area contributed by atoms with E-state index in [-0.39, 0.29) is 24.3 Å². The van der Waals surface area contributed by atoms with E-state index >= 15 is 0 Å². The molecule has 5 rings (SSSR count). The zero-order chi connectivity index (χ0) is 26.0. The van der Waals surface area contributed by atoms with E-state index in [1.807, 2.05) is 63.3 Å². The van der Waals surface area contributed by atoms with E-state index in [0.29, 0.717) is 19.5 Å². The molecule has 0 saturated carbocycles. The Morgan fingerprint density at radius 1 is 1.06 bits per heavy atom. The lowest BCUT2D eigenvalue weighted by atomic mass is 9.73. The van der Waals surface area contributed by atoms with Crippen LogP contribution in [0.25, 0.3) is 0 Å². The summed E-state index contributed by atoms with van der Waals surface area (Å²) >= 11 is 0. The average Bonchev–Trinajstić information content (AvgIpc) is 3.17. The SMILES string of the molecule is CC[C@@]12C=CCN(C)C(=O)[C@@H]1[C@H]1C(=O)N([C@H](C)CO)C3C(=O)N(c4cc(C)ccc4C)CC=C[C@@]31O2. The molecule has 0 radical (unpaired) electrons. The van der Waals surface area contributed by atoms with E-state index in [2.05, 4.69) is 0 Å². The van der Waals surface area contributed by atoms with E-state index in [1.54, 1.807) is 23.8 Å². The number of amides is 3. The van der Waals surface area contributed by atoms with Crippen molar-refractivity contribution >= 4 is 23.4 Å². The Kier molecular flexibility index (Phi) is 5.87. The largest absolute Gasteiger partial charge is 0.394 e. The molecule has 192 valence electrons. The van der Waals surface area contributed by atoms with Crippen LogP contribution in [0.1, 0.15) is 31.4 Å². The fourth-order valence-electron chi connectivity index (χ4n) is 6.61. The molecule has 4 heterocycles. The molecule has 0 aliphatic carbocycles. The molecular formula is C28H35N3O5. The fraction of sp³-hybridized carbons (Fsp3) is 0.536. The standard InChI is InChI=1S/C28H35N3O5/c1-6-27-11-7-13-29(5)24(33)21(27)22-25(34)31(19(4)16-32)23-26(35)30(14-8-12-28(22,23)36-27)20-15-17(2)9-10-18(20)3/h7-12,15,19,21-23,32H,6,13-14,16H2,1-5H3/t19-,21+,22+,23?,27-,28+/m1/s1. The Morgan fingerprint density at radius 3 is 2.47 bits per heavy atom. The molecule has 1 unspecified atom stereocenters. The third-order valence-electron chi connectivity index (χ3n) is 8.47. The van der Waals surface area contributed by atoms with Crippen molar-refractivity contribution in [1.29, 1.82) is 0 Å². The highest BCUT2D eigenvalue weighted by molar-refractivity contribution is 6.06. The molecule has 0 bridgehead atoms. The van der Waals surface area contributed by atoms with E-state index in [0.717, 1.165) is 16.8 Å². The number of ether oxygens (including phenoxy) is 1. The van der Waals surface area contributed by atoms with E-state index in [9.17, 15) is 19.5 Å². The topological polar surface area (TPSA) is 90.4 Å². The normalized spacial score (nSPS) is 34.4. The number of nitrogens with zero attached hydrogens (tertiary/aromatic N) is 3. The van der Waals surface area contributed by atoms with Crippen LogP contribution < -0.4 is 4.90 Å². The number of anilines is 1. The molecule has 0 aromatic heterocycles. The van der Waals surface area contributed by atoms with Crippen molar-refractivity contribution in [1.82, 2.24) is 9.80 Å². The zero-order valence-electron chi connectivity index (χ0n) is 21.6. The molecule has 8 nitrogen and oxygen atoms in total. The number of likely N-dealkylation sites (tertiary alicyclic amines) is 1. The third-order valence-corrected chi connectivity index (χ3v) is 8.47. The highest BCUT2D eigenvalue weighted by Crippen LogP contribution is 2.59. The number of hydrogen-bond acceptors (Lipinski definition) is 5. The lowest BCUT2D eigenvalue weighted by Crippen LogP contribution is -2.58. The minimum Gasteiger partial charge on any atom is -0.394 e. The molecule has 4 aliphatic rings. The summed E-state index contributed by atoms with van der Waals surface area (Å²) in [5, 5.41) is 10.1. The van der Waals surface area contributed by atoms with Gasteiger partial charge in [-0.1, -0.05) is 43.4 Å². The number of aliphatic hydroxyl groups is 1. The molecule has 2 saturated heterocycles. The Balaban J connectivity index is 1.71. The van der Waals surface area contributed by atoms with Crippen molar-refractivity contribution in [3.8, 4) is 0 Å². The summed E-state index contributed by atoms with van der Waals surface area (Å²) in [6.07, 6.45) is 8.06. The Labute approximate surface area is 212 Å². The minimum atomic E-state index is -1.32. The molecule has 1 spiro atoms. The first-order valence-corrected chi connectivity index (χ1v) is 12.7. The summed E-state index contributed by atoms with van der Waals surface area (Å²) in [5.41, 5.74) is 0.442. The van der Waals surface area contributed by atoms with Crippen molar-refractivity contribution in [2.24, 2.45) is 11.8 Å². The number of likely N-dealkylation sites (N-methyl/N-ethyl adjacent to an activating group) is 1. The highest BCUT2D eigenvalue weighted by Gasteiger charge is 2.75. The van der Waals surface area contributed by atoms with Gasteiger partial charge in [0.05, 0.1) is 30.1 Å². The van der Waals surface area contributed by atoms with Gasteiger partial charge >= 0.3 is 0 Å². The summed E-state index contributed by atoms with van der Waals surface area (Å²) in [5.74, 6) is -2.38. The smallest absolute Gasteiger partial charge is 0.253 e. The van der Waals surface area contributed by atoms with Crippen molar-refractivity contribution in [2.45, 2.75) is 57.4 Å². The van der Waals surface area contributed by atoms with Crippen LogP contribution >= 0.6 is 0 Å². The average molecular weight is 494 g/mol. The molecular weight excluding hydrogens is 458 g/mol. The van der Waals surface area contributed by atoms with Crippen molar-refractivity contribution in [3.63, 3.8) is 0 Å². The molecule has 6 atom stereocenters. The maximum atomic E-state index is 14.4. The lowest BCUT2D eigenvalue weighted by Gasteiger charge is -2.40. The lowest BCUT2D eigenvalue weighted by molar-refractivity contribution is -0.151. The van der Waals surface area contributed by atoms with Crippen molar-refractivity contribution in [2.75, 3.05) is 31.6 Å². The monoisotopic (exact) mass is 493 g/mol. The Morgan fingerprint density at radius 2 is 1.78 bits per heavy atom. The number of carbonyl (C=O) groups excluding carboxylic acids is 3. The van der Waals surface area contributed by atoms with Crippen LogP contribution in [-0.2, 0) is 19.1 Å². The predicted molar refractivity (Wildman–Crippen MR) is 135 cm³/mol. The molecule has 36 heavy (non-hydrogen) atoms. The molecule has 4 aliphatic heterocycles. The minimum absolute atomic E-state index is 0.161. The van der Waals surface area contributed by atoms with Gasteiger partial charge in [-0.05, 0) is 44.4 Å². The van der Waals surface area contributed by atoms with Gasteiger partial charge in [0.15, 0.2) is 0 Å². The van der Waals surface area contributed by atoms with E-state index in [1.165, 1.54) is 4.90 Å². The van der Waals surface area contributed by atoms with Gasteiger partial charge in [0.1, 0.15) is 11.6 Å². The van der Waals surface area contributed by atoms with Gasteiger partial charge in [0.25, 0.3) is 5.91 Å². The molecule has 1 aromatic carbocycles. The Bertz CT molecular complexity index is 1180. The first kappa shape index (κ1) is 24.7. The maximum absolute atomic E-state index is 14.4. The molecule has 1 aromatic rings. The Hall–Kier alpha value is -2.97. The second kappa shape index (κ2) is 8.56. The van der Waals surface area contributed by atoms with Gasteiger partial charge in [-0.2, -0.15) is 0 Å². The zero-order valence-corrected chi connectivity index (χ0v) is 21.6. The molecule has 2 fully saturated rings. The number of benzene rings is 1. The summed E-state index contributed by atoms with van der Waals surface area (Å²) in [6, 6.07) is 4.34. The second-order valence-corrected chi connectivity index (χ2v) is 10.7. The highest BCUT2D eigenvalue weighted by atomic mass is 16.5. The van der Waals surface area contributed by atoms with Gasteiger partial charge in [0, 0.05) is 25.8 Å². The first-order valence-electron chi connectivity index (χ1n) is 12.7. The second-order valence-electron chi connectivity index (χ2n) is 10.7. The van der Waals surface area contributed by atoms with Crippen molar-refractivity contribution in [3.05, 3.63) is 53.6 Å². The molecule has 3 amide bonds. The summed E-state index contributed by atoms with van der Waals surface area (Å²) < 4.78 is 6.89. The van der Waals surface area contributed by atoms with Crippen LogP contribution in [0.3, 0.4) is 0 Å². The van der Waals surface area contributed by atoms with Crippen LogP contribution in [0, 0.1) is 25.7 Å². The van der Waals surface area contributed by atoms with Gasteiger partial charge in [-0.25, -0.2) is 0 Å². The number of aryl methyl sites for hydroxylation is 2. The molecule has 8 heteroatoms. The third kappa shape index (κ3) is 3.23. The van der Waals surface area contributed by atoms with Crippen LogP contribution in [0.4, 0.5) is 5.69 Å². The van der Waals surface area contributed by atoms with E-state index < -0.39 is 35.1 Å². The quantitative estimate of drug-likeness (QED) is 0.648. The molecule has 1 N–H and O–H groups in total. The predicted octanol–water partition coefficient (Wildman–Crippen LogP) is 1.98. The van der Waals surface area contributed by atoms with Gasteiger partial charge in [0.2, 0.25) is 11.8 Å². The van der Waals surface area contributed by atoms with Crippen LogP contribution in [0.2, 0.25) is 0 Å². The summed E-state index contributed by atoms with van der Waals surface area (Å²) in [6.45, 7) is 8.06. The van der Waals surface area contributed by atoms with Gasteiger partial charge in [-0.3, -0.25) is 14.4 Å². The number of carbonyl (C=O) groups is 3. The fourth-order valence-corrected chi connectivity index (χ4v) is 6.61. The summed E-state index contributed by atoms with van der Waals surface area (Å²) in [4.78, 5) is 47.1. The van der Waals surface area contributed by atoms with Gasteiger partial charge < -0.3 is 24.5 Å². The van der Waals surface area contributed by atoms with Crippen LogP contribution in [-0.4, -0.2) is 82.7 Å². The van der Waals surface area contributed by atoms with Crippen LogP contribution in [0.15, 0.2) is 42.5 Å². The van der Waals surface area contributed by atoms with Crippen LogP contribution in [0.5, 0.6) is 0 Å². The van der Waals surface area contributed by atoms with Crippen molar-refractivity contribution < 1.29 is 24.2 Å². The number of rotatable bonds is 4. The van der Waals surface area contributed by atoms with Gasteiger partial charge in [-0.15, -0.1) is 0 Å². The van der Waals surface area contributed by atoms with E-state index in [4.69, 9.17) is 4.74 Å². The summed E-state index contributed by atoms with van der Waals surface area (Å²) in [7, 11) is 1.73. The first-order chi connectivity index (χ1) is 17.1. The number of fused-ring (bicyclic) bond motifs is 2. The number of hydrogen-bond donors (Lipinski definition) is 1. The number of aliphatic hydroxyl groups excluding tert-OH is 1.